The van der Waals surface area contributed by atoms with Crippen molar-refractivity contribution >= 4 is 8.41 Å². The summed E-state index contributed by atoms with van der Waals surface area (Å²) >= 11 is 0. The molecule has 0 aromatic carbocycles. The minimum Gasteiger partial charge on any atom is -1.00 e. The van der Waals surface area contributed by atoms with Gasteiger partial charge in [0.05, 0.1) is 0 Å². The number of rotatable bonds is 0. The Morgan fingerprint density at radius 1 is 0.300 bits per heavy atom. The highest BCUT2D eigenvalue weighted by Crippen LogP contribution is -0.282. The van der Waals surface area contributed by atoms with E-state index >= 15 is 0 Å². The minimum atomic E-state index is 0. The van der Waals surface area contributed by atoms with E-state index in [0.29, 0.717) is 0 Å². The second kappa shape index (κ2) is 5940. The lowest BCUT2D eigenvalue weighted by Crippen LogP contribution is -0.481. The fourth-order valence-electron chi connectivity index (χ4n) is 0. The van der Waals surface area contributed by atoms with Gasteiger partial charge in [-0.1, -0.05) is 0 Å². The van der Waals surface area contributed by atoms with Crippen molar-refractivity contribution in [1.82, 2.24) is 6.15 Å². The van der Waals surface area contributed by atoms with Gasteiger partial charge in [-0.2, -0.15) is 0 Å². The van der Waals surface area contributed by atoms with E-state index in [4.69, 9.17) is 0 Å². The van der Waals surface area contributed by atoms with E-state index in [1.54, 1.807) is 0 Å². The second-order valence-electron chi connectivity index (χ2n) is 0. The Morgan fingerprint density at radius 3 is 0.300 bits per heavy atom. The molecule has 9 nitrogen and oxygen atoms in total. The van der Waals surface area contributed by atoms with Crippen molar-refractivity contribution in [2.45, 2.75) is 0 Å². The Kier molecular flexibility index (Phi) is 5010000. The molecule has 20 N–H and O–H groups in total. The maximum absolute atomic E-state index is 0. The summed E-state index contributed by atoms with van der Waals surface area (Å²) in [6.07, 6.45) is 0. The predicted molar refractivity (Wildman–Crippen MR) is 40.6 cm³/mol. The smallest absolute Gasteiger partial charge is 0.369 e. The van der Waals surface area contributed by atoms with Gasteiger partial charge in [0, 0.05) is 0 Å². The van der Waals surface area contributed by atoms with Crippen molar-refractivity contribution < 1.29 is 43.8 Å². The molecule has 10 heteroatoms. The monoisotopic (exact) mass is 173 g/mol. The van der Waals surface area contributed by atoms with Gasteiger partial charge in [0.25, 0.3) is 0 Å². The molecule has 0 fully saturated rings. The number of hydrogen-bond donors (Lipinski definition) is 1. The molecule has 0 atom stereocenters. The fraction of sp³-hybridized carbons (Fsp3) is 0. The summed E-state index contributed by atoms with van der Waals surface area (Å²) in [5.41, 5.74) is 0. The van der Waals surface area contributed by atoms with E-state index in [2.05, 4.69) is 0 Å². The van der Waals surface area contributed by atoms with Crippen LogP contribution >= 0.6 is 0 Å². The number of hydrogen-bond acceptors (Lipinski definition) is 0. The van der Waals surface area contributed by atoms with Crippen LogP contribution in [0.1, 0.15) is 0 Å². The van der Waals surface area contributed by atoms with Crippen molar-refractivity contribution in [2.24, 2.45) is 0 Å². The fourth-order valence-corrected chi connectivity index (χ4v) is 0. The molecule has 0 bridgehead atoms. The van der Waals surface area contributed by atoms with Crippen LogP contribution in [-0.4, -0.2) is 52.2 Å². The molecule has 0 aliphatic rings. The Morgan fingerprint density at radius 2 is 0.300 bits per heavy atom. The van der Waals surface area contributed by atoms with Crippen molar-refractivity contribution in [1.29, 1.82) is 0 Å². The van der Waals surface area contributed by atoms with Crippen LogP contribution in [0.15, 0.2) is 0 Å². The molecule has 0 aliphatic carbocycles. The van der Waals surface area contributed by atoms with E-state index in [1.165, 1.54) is 0 Å². The van der Waals surface area contributed by atoms with Crippen LogP contribution in [0.5, 0.6) is 0 Å². The first-order chi connectivity index (χ1) is 0. The summed E-state index contributed by atoms with van der Waals surface area (Å²) in [5.74, 6) is 0. The topological polar surface area (TPSA) is 288 Å². The SMILES string of the molecule is O.O.O.O.O.O.O.O.[B-].[NH4+]. The van der Waals surface area contributed by atoms with Crippen LogP contribution in [0.2, 0.25) is 0 Å². The molecule has 0 saturated carbocycles. The van der Waals surface area contributed by atoms with Crippen molar-refractivity contribution in [3.8, 4) is 0 Å². The molecule has 0 saturated heterocycles. The summed E-state index contributed by atoms with van der Waals surface area (Å²) in [6, 6.07) is 0. The molecule has 0 aromatic heterocycles. The Bertz CT molecular complexity index is 9.22. The molecular formula is H20BNO8. The zero-order valence-electron chi connectivity index (χ0n) is 5.58. The molecule has 0 aliphatic heterocycles. The van der Waals surface area contributed by atoms with Gasteiger partial charge in [0.1, 0.15) is 0 Å². The van der Waals surface area contributed by atoms with E-state index in [-0.39, 0.29) is 58.4 Å². The molecule has 0 rings (SSSR count). The summed E-state index contributed by atoms with van der Waals surface area (Å²) in [7, 11) is 0. The van der Waals surface area contributed by atoms with Crippen LogP contribution < -0.4 is 6.15 Å². The summed E-state index contributed by atoms with van der Waals surface area (Å²) in [6.45, 7) is 0. The molecule has 0 heterocycles. The van der Waals surface area contributed by atoms with Crippen molar-refractivity contribution in [2.75, 3.05) is 0 Å². The highest BCUT2D eigenvalue weighted by molar-refractivity contribution is 5.75. The van der Waals surface area contributed by atoms with Gasteiger partial charge in [-0.15, -0.1) is 0 Å². The molecule has 76 valence electrons. The van der Waals surface area contributed by atoms with Gasteiger partial charge in [-0.3, -0.25) is 0 Å². The predicted octanol–water partition coefficient (Wildman–Crippen LogP) is -6.60. The quantitative estimate of drug-likeness (QED) is 0.333. The molecule has 0 unspecified atom stereocenters. The van der Waals surface area contributed by atoms with E-state index < -0.39 is 0 Å². The highest BCUT2D eigenvalue weighted by atomic mass is 16.0. The van der Waals surface area contributed by atoms with Crippen LogP contribution in [0.3, 0.4) is 0 Å². The van der Waals surface area contributed by atoms with Crippen LogP contribution in [0.4, 0.5) is 0 Å². The van der Waals surface area contributed by atoms with E-state index in [1.807, 2.05) is 0 Å². The van der Waals surface area contributed by atoms with Gasteiger partial charge in [-0.25, -0.2) is 0 Å². The van der Waals surface area contributed by atoms with E-state index in [0.717, 1.165) is 0 Å². The van der Waals surface area contributed by atoms with Crippen molar-refractivity contribution in [3.05, 3.63) is 0 Å². The highest BCUT2D eigenvalue weighted by Gasteiger charge is -0.369. The Labute approximate surface area is 59.7 Å². The Hall–Kier alpha value is -0.295. The third-order valence-electron chi connectivity index (χ3n) is 0. The van der Waals surface area contributed by atoms with Crippen LogP contribution in [0, 0.1) is 0 Å². The molecular weight excluding hydrogens is 153 g/mol. The molecule has 0 amide bonds. The van der Waals surface area contributed by atoms with Crippen LogP contribution in [0.25, 0.3) is 0 Å². The zero-order chi connectivity index (χ0) is 0. The average Bonchev–Trinajstić information content (AvgIpc) is 0. The van der Waals surface area contributed by atoms with Gasteiger partial charge in [-0.05, 0) is 0 Å². The summed E-state index contributed by atoms with van der Waals surface area (Å²) in [5, 5.41) is 0. The third-order valence-corrected chi connectivity index (χ3v) is 0. The molecule has 0 aromatic rings. The zero-order valence-corrected chi connectivity index (χ0v) is 5.58. The van der Waals surface area contributed by atoms with Gasteiger partial charge in [0.15, 0.2) is 0 Å². The molecule has 10 heavy (non-hydrogen) atoms. The lowest BCUT2D eigenvalue weighted by Gasteiger charge is -1.00. The lowest BCUT2D eigenvalue weighted by molar-refractivity contribution is 0.823. The van der Waals surface area contributed by atoms with Crippen molar-refractivity contribution in [3.63, 3.8) is 0 Å². The maximum Gasteiger partial charge on any atom is -0.369 e. The third kappa shape index (κ3) is 3980. The molecule has 0 spiro atoms. The molecule has 4 radical (unpaired) electrons. The summed E-state index contributed by atoms with van der Waals surface area (Å²) in [4.78, 5) is 0. The first-order valence-electron chi connectivity index (χ1n) is 0. The number of quaternary nitrogens is 1. The van der Waals surface area contributed by atoms with Crippen LogP contribution in [-0.2, 0) is 0 Å². The maximum atomic E-state index is 0. The second-order valence-corrected chi connectivity index (χ2v) is 0. The Balaban J connectivity index is 0. The lowest BCUT2D eigenvalue weighted by atomic mass is 10.8. The first kappa shape index (κ1) is 8450. The standard InChI is InChI=1S/B.H3N.8H2O/h;1H3;8*1H2/q-1;;;;;;;;;/p+1. The average molecular weight is 173 g/mol. The summed E-state index contributed by atoms with van der Waals surface area (Å²) < 4.78 is 0. The largest absolute Gasteiger partial charge is 1.00 e. The van der Waals surface area contributed by atoms with E-state index in [9.17, 15) is 0 Å². The first-order valence-corrected chi connectivity index (χ1v) is 0. The van der Waals surface area contributed by atoms with Gasteiger partial charge < -0.3 is 58.4 Å². The minimum absolute atomic E-state index is 0. The van der Waals surface area contributed by atoms with Gasteiger partial charge >= 0.3 is 0 Å². The van der Waals surface area contributed by atoms with Gasteiger partial charge in [0.2, 0.25) is 0 Å². The normalized spacial score (nSPS) is 0.